The van der Waals surface area contributed by atoms with Crippen LogP contribution >= 0.6 is 0 Å². The summed E-state index contributed by atoms with van der Waals surface area (Å²) >= 11 is 0. The Balaban J connectivity index is 1.07. The van der Waals surface area contributed by atoms with Crippen molar-refractivity contribution in [2.45, 2.75) is 19.3 Å². The number of fused-ring (bicyclic) bond motifs is 9. The molecule has 2 aromatic heterocycles. The highest BCUT2D eigenvalue weighted by Crippen LogP contribution is 2.54. The number of pyridine rings is 1. The van der Waals surface area contributed by atoms with Crippen molar-refractivity contribution in [3.63, 3.8) is 0 Å². The number of para-hydroxylation sites is 2. The average Bonchev–Trinajstić information content (AvgIpc) is 3.73. The predicted octanol–water partition coefficient (Wildman–Crippen LogP) is 15.1. The van der Waals surface area contributed by atoms with E-state index in [1.165, 1.54) is 99.1 Å². The first-order valence-electron chi connectivity index (χ1n) is 19.9. The van der Waals surface area contributed by atoms with Crippen LogP contribution in [0.2, 0.25) is 0 Å². The van der Waals surface area contributed by atoms with Crippen LogP contribution in [0.25, 0.3) is 82.2 Å². The maximum absolute atomic E-state index is 2.49. The molecule has 0 fully saturated rings. The second-order valence-electron chi connectivity index (χ2n) is 16.1. The summed E-state index contributed by atoms with van der Waals surface area (Å²) in [6.07, 6.45) is 0. The van der Waals surface area contributed by atoms with E-state index in [1.807, 2.05) is 0 Å². The summed E-state index contributed by atoms with van der Waals surface area (Å²) in [5, 5.41) is 7.75. The van der Waals surface area contributed by atoms with Gasteiger partial charge >= 0.3 is 0 Å². The Labute approximate surface area is 331 Å². The van der Waals surface area contributed by atoms with Crippen LogP contribution in [0, 0.1) is 0 Å². The summed E-state index contributed by atoms with van der Waals surface area (Å²) < 4.78 is 2.49. The fourth-order valence-electron chi connectivity index (χ4n) is 10.1. The zero-order chi connectivity index (χ0) is 37.8. The lowest BCUT2D eigenvalue weighted by molar-refractivity contribution is 0.660. The molecule has 1 aliphatic carbocycles. The average molecular weight is 727 g/mol. The van der Waals surface area contributed by atoms with Crippen molar-refractivity contribution in [3.8, 4) is 33.4 Å². The number of nitrogens with zero attached hydrogens (tertiary/aromatic N) is 2. The van der Waals surface area contributed by atoms with Crippen molar-refractivity contribution in [2.75, 3.05) is 4.90 Å². The monoisotopic (exact) mass is 726 g/mol. The molecule has 9 aromatic carbocycles. The van der Waals surface area contributed by atoms with E-state index < -0.39 is 0 Å². The van der Waals surface area contributed by atoms with Crippen molar-refractivity contribution < 1.29 is 0 Å². The zero-order valence-electron chi connectivity index (χ0n) is 31.9. The first kappa shape index (κ1) is 32.1. The SMILES string of the molecule is CC1(C)c2ccccc2-c2c(N(c3ccc(-c4ccccc4)cc3)c3ccc(-c4cc5c6ccccc6n6c7ccccc7c7cccc4c7c56)cc3)cccc21. The van der Waals surface area contributed by atoms with E-state index in [1.54, 1.807) is 0 Å². The lowest BCUT2D eigenvalue weighted by atomic mass is 9.82. The zero-order valence-corrected chi connectivity index (χ0v) is 31.9. The van der Waals surface area contributed by atoms with Crippen molar-refractivity contribution in [1.29, 1.82) is 0 Å². The number of anilines is 3. The Bertz CT molecular complexity index is 3340. The van der Waals surface area contributed by atoms with Gasteiger partial charge in [0.1, 0.15) is 0 Å². The Morgan fingerprint density at radius 1 is 0.404 bits per heavy atom. The molecule has 0 aliphatic heterocycles. The third kappa shape index (κ3) is 4.53. The first-order chi connectivity index (χ1) is 28.1. The molecule has 0 atom stereocenters. The van der Waals surface area contributed by atoms with Crippen LogP contribution in [0.15, 0.2) is 194 Å². The fraction of sp³-hybridized carbons (Fsp3) is 0.0545. The van der Waals surface area contributed by atoms with Crippen LogP contribution in [0.5, 0.6) is 0 Å². The van der Waals surface area contributed by atoms with E-state index in [0.717, 1.165) is 11.4 Å². The minimum atomic E-state index is -0.0978. The molecule has 2 nitrogen and oxygen atoms in total. The molecule has 2 heterocycles. The highest BCUT2D eigenvalue weighted by Gasteiger charge is 2.37. The summed E-state index contributed by atoms with van der Waals surface area (Å²) in [5.41, 5.74) is 17.4. The van der Waals surface area contributed by atoms with Crippen LogP contribution < -0.4 is 4.90 Å². The van der Waals surface area contributed by atoms with E-state index in [0.29, 0.717) is 0 Å². The summed E-state index contributed by atoms with van der Waals surface area (Å²) in [4.78, 5) is 2.46. The molecule has 12 rings (SSSR count). The molecule has 57 heavy (non-hydrogen) atoms. The molecular formula is C55H38N2. The molecular weight excluding hydrogens is 689 g/mol. The van der Waals surface area contributed by atoms with Crippen LogP contribution in [0.1, 0.15) is 25.0 Å². The van der Waals surface area contributed by atoms with Gasteiger partial charge in [-0.15, -0.1) is 0 Å². The molecule has 268 valence electrons. The van der Waals surface area contributed by atoms with Crippen molar-refractivity contribution in [1.82, 2.24) is 4.40 Å². The maximum Gasteiger partial charge on any atom is 0.0626 e. The molecule has 2 heteroatoms. The molecule has 0 N–H and O–H groups in total. The Kier molecular flexibility index (Phi) is 6.72. The van der Waals surface area contributed by atoms with Gasteiger partial charge in [0.25, 0.3) is 0 Å². The molecule has 0 amide bonds. The van der Waals surface area contributed by atoms with E-state index in [2.05, 4.69) is 217 Å². The maximum atomic E-state index is 2.49. The number of benzene rings is 9. The van der Waals surface area contributed by atoms with Crippen LogP contribution in [-0.2, 0) is 5.41 Å². The molecule has 0 bridgehead atoms. The van der Waals surface area contributed by atoms with Gasteiger partial charge in [-0.25, -0.2) is 0 Å². The van der Waals surface area contributed by atoms with Gasteiger partial charge in [-0.2, -0.15) is 0 Å². The van der Waals surface area contributed by atoms with E-state index in [4.69, 9.17) is 0 Å². The Hall–Kier alpha value is -7.16. The fourth-order valence-corrected chi connectivity index (χ4v) is 10.1. The molecule has 11 aromatic rings. The third-order valence-corrected chi connectivity index (χ3v) is 12.7. The van der Waals surface area contributed by atoms with Gasteiger partial charge in [-0.05, 0) is 98.2 Å². The number of aromatic nitrogens is 1. The van der Waals surface area contributed by atoms with Crippen LogP contribution in [0.4, 0.5) is 17.1 Å². The summed E-state index contributed by atoms with van der Waals surface area (Å²) in [6.45, 7) is 4.72. The Morgan fingerprint density at radius 2 is 0.947 bits per heavy atom. The predicted molar refractivity (Wildman–Crippen MR) is 242 cm³/mol. The molecule has 0 saturated heterocycles. The second kappa shape index (κ2) is 11.9. The number of hydrogen-bond acceptors (Lipinski definition) is 1. The normalized spacial score (nSPS) is 13.2. The quantitative estimate of drug-likeness (QED) is 0.127. The van der Waals surface area contributed by atoms with Crippen molar-refractivity contribution in [2.24, 2.45) is 0 Å². The first-order valence-corrected chi connectivity index (χ1v) is 19.9. The lowest BCUT2D eigenvalue weighted by Gasteiger charge is -2.29. The summed E-state index contributed by atoms with van der Waals surface area (Å²) in [7, 11) is 0. The van der Waals surface area contributed by atoms with Gasteiger partial charge in [0.05, 0.1) is 22.2 Å². The number of rotatable bonds is 5. The number of hydrogen-bond donors (Lipinski definition) is 0. The minimum absolute atomic E-state index is 0.0978. The van der Waals surface area contributed by atoms with Crippen LogP contribution in [-0.4, -0.2) is 4.40 Å². The topological polar surface area (TPSA) is 7.65 Å². The van der Waals surface area contributed by atoms with Crippen molar-refractivity contribution in [3.05, 3.63) is 205 Å². The van der Waals surface area contributed by atoms with E-state index in [9.17, 15) is 0 Å². The lowest BCUT2D eigenvalue weighted by Crippen LogP contribution is -2.16. The molecule has 0 unspecified atom stereocenters. The van der Waals surface area contributed by atoms with Gasteiger partial charge in [0, 0.05) is 43.9 Å². The summed E-state index contributed by atoms with van der Waals surface area (Å²) in [5.74, 6) is 0. The second-order valence-corrected chi connectivity index (χ2v) is 16.1. The van der Waals surface area contributed by atoms with Crippen LogP contribution in [0.3, 0.4) is 0 Å². The highest BCUT2D eigenvalue weighted by atomic mass is 15.1. The minimum Gasteiger partial charge on any atom is -0.310 e. The Morgan fingerprint density at radius 3 is 1.68 bits per heavy atom. The highest BCUT2D eigenvalue weighted by molar-refractivity contribution is 6.31. The van der Waals surface area contributed by atoms with Gasteiger partial charge in [-0.3, -0.25) is 0 Å². The molecule has 0 radical (unpaired) electrons. The molecule has 0 spiro atoms. The standard InChI is InChI=1S/C55H38N2/c1-55(2)47-21-9-6-18-44(47)53-48(55)22-13-25-51(53)56(38-30-26-36(27-31-38)35-14-4-3-5-15-35)39-32-28-37(29-33-39)45-34-46-41-17-8-11-24-50(41)57-49-23-10-7-16-40(49)42-19-12-20-43(45)52(42)54(46)57/h3-34H,1-2H3. The smallest absolute Gasteiger partial charge is 0.0626 e. The van der Waals surface area contributed by atoms with Gasteiger partial charge in [-0.1, -0.05) is 159 Å². The van der Waals surface area contributed by atoms with Crippen molar-refractivity contribution >= 4 is 65.9 Å². The van der Waals surface area contributed by atoms with Gasteiger partial charge < -0.3 is 9.30 Å². The van der Waals surface area contributed by atoms with Gasteiger partial charge in [0.2, 0.25) is 0 Å². The summed E-state index contributed by atoms with van der Waals surface area (Å²) in [6, 6.07) is 71.8. The van der Waals surface area contributed by atoms with Gasteiger partial charge in [0.15, 0.2) is 0 Å². The molecule has 1 aliphatic rings. The van der Waals surface area contributed by atoms with E-state index in [-0.39, 0.29) is 5.41 Å². The third-order valence-electron chi connectivity index (χ3n) is 12.7. The van der Waals surface area contributed by atoms with E-state index >= 15 is 0 Å². The largest absolute Gasteiger partial charge is 0.310 e. The molecule has 0 saturated carbocycles.